The number of phenolic OH excluding ortho intramolecular Hbond substituents is 1. The lowest BCUT2D eigenvalue weighted by molar-refractivity contribution is -0.385. The molecule has 1 aromatic rings. The third kappa shape index (κ3) is 3.67. The number of ether oxygens (including phenoxy) is 1. The summed E-state index contributed by atoms with van der Waals surface area (Å²) in [6, 6.07) is 3.86. The predicted octanol–water partition coefficient (Wildman–Crippen LogP) is 2.78. The van der Waals surface area contributed by atoms with Gasteiger partial charge in [0, 0.05) is 6.07 Å². The number of esters is 1. The number of rotatable bonds is 5. The minimum atomic E-state index is -0.675. The highest BCUT2D eigenvalue weighted by atomic mass is 16.6. The van der Waals surface area contributed by atoms with Gasteiger partial charge in [0.2, 0.25) is 0 Å². The zero-order valence-electron chi connectivity index (χ0n) is 11.2. The van der Waals surface area contributed by atoms with Crippen LogP contribution in [-0.2, 0) is 16.1 Å². The van der Waals surface area contributed by atoms with Crippen LogP contribution >= 0.6 is 0 Å². The highest BCUT2D eigenvalue weighted by molar-refractivity contribution is 5.75. The van der Waals surface area contributed by atoms with Crippen molar-refractivity contribution in [2.75, 3.05) is 0 Å². The van der Waals surface area contributed by atoms with Crippen LogP contribution in [0.15, 0.2) is 18.2 Å². The highest BCUT2D eigenvalue weighted by Gasteiger charge is 2.27. The Kier molecular flexibility index (Phi) is 4.47. The van der Waals surface area contributed by atoms with Gasteiger partial charge in [-0.15, -0.1) is 0 Å². The number of hydrogen-bond acceptors (Lipinski definition) is 5. The van der Waals surface area contributed by atoms with Crippen molar-refractivity contribution in [3.63, 3.8) is 0 Å². The van der Waals surface area contributed by atoms with Crippen LogP contribution in [0.4, 0.5) is 5.69 Å². The first kappa shape index (κ1) is 14.9. The normalized spacial score (nSPS) is 11.1. The summed E-state index contributed by atoms with van der Waals surface area (Å²) in [5, 5.41) is 20.0. The van der Waals surface area contributed by atoms with Gasteiger partial charge in [0.1, 0.15) is 6.61 Å². The van der Waals surface area contributed by atoms with Crippen LogP contribution in [0.1, 0.15) is 32.8 Å². The summed E-state index contributed by atoms with van der Waals surface area (Å²) in [7, 11) is 0. The number of nitro groups is 1. The van der Waals surface area contributed by atoms with Gasteiger partial charge in [-0.25, -0.2) is 0 Å². The van der Waals surface area contributed by atoms with Gasteiger partial charge in [0.05, 0.1) is 10.3 Å². The molecule has 1 rings (SSSR count). The maximum atomic E-state index is 11.7. The van der Waals surface area contributed by atoms with Gasteiger partial charge in [-0.1, -0.05) is 6.92 Å². The summed E-state index contributed by atoms with van der Waals surface area (Å²) in [6.45, 7) is 5.43. The van der Waals surface area contributed by atoms with E-state index in [1.807, 2.05) is 6.92 Å². The van der Waals surface area contributed by atoms with E-state index in [1.165, 1.54) is 18.2 Å². The summed E-state index contributed by atoms with van der Waals surface area (Å²) >= 11 is 0. The van der Waals surface area contributed by atoms with Crippen molar-refractivity contribution < 1.29 is 19.6 Å². The van der Waals surface area contributed by atoms with Gasteiger partial charge < -0.3 is 9.84 Å². The molecule has 1 N–H and O–H groups in total. The number of carbonyl (C=O) groups is 1. The zero-order valence-corrected chi connectivity index (χ0v) is 11.2. The summed E-state index contributed by atoms with van der Waals surface area (Å²) < 4.78 is 5.12. The monoisotopic (exact) mass is 267 g/mol. The first-order chi connectivity index (χ1) is 8.77. The molecule has 0 aliphatic rings. The lowest BCUT2D eigenvalue weighted by atomic mass is 9.91. The first-order valence-electron chi connectivity index (χ1n) is 5.91. The second-order valence-electron chi connectivity index (χ2n) is 4.89. The average Bonchev–Trinajstić information content (AvgIpc) is 2.35. The van der Waals surface area contributed by atoms with E-state index in [4.69, 9.17) is 4.74 Å². The van der Waals surface area contributed by atoms with Crippen LogP contribution in [0, 0.1) is 15.5 Å². The molecule has 0 bridgehead atoms. The molecule has 1 aromatic carbocycles. The zero-order chi connectivity index (χ0) is 14.6. The molecule has 0 saturated carbocycles. The fraction of sp³-hybridized carbons (Fsp3) is 0.462. The van der Waals surface area contributed by atoms with Crippen LogP contribution in [0.25, 0.3) is 0 Å². The van der Waals surface area contributed by atoms with Gasteiger partial charge in [-0.3, -0.25) is 14.9 Å². The highest BCUT2D eigenvalue weighted by Crippen LogP contribution is 2.27. The molecule has 0 spiro atoms. The van der Waals surface area contributed by atoms with Gasteiger partial charge >= 0.3 is 11.7 Å². The van der Waals surface area contributed by atoms with Crippen molar-refractivity contribution in [3.05, 3.63) is 33.9 Å². The standard InChI is InChI=1S/C13H17NO5/c1-4-13(2,3)12(16)19-8-9-5-6-10(14(17)18)11(15)7-9/h5-7,15H,4,8H2,1-3H3. The minimum absolute atomic E-state index is 0.0200. The Balaban J connectivity index is 2.72. The third-order valence-corrected chi connectivity index (χ3v) is 3.04. The van der Waals surface area contributed by atoms with Crippen molar-refractivity contribution in [2.45, 2.75) is 33.8 Å². The molecule has 0 fully saturated rings. The Labute approximate surface area is 111 Å². The number of benzene rings is 1. The van der Waals surface area contributed by atoms with Crippen molar-refractivity contribution in [1.82, 2.24) is 0 Å². The van der Waals surface area contributed by atoms with Crippen LogP contribution in [0.2, 0.25) is 0 Å². The van der Waals surface area contributed by atoms with E-state index in [0.717, 1.165) is 0 Å². The molecule has 0 aliphatic carbocycles. The molecule has 0 saturated heterocycles. The molecule has 0 amide bonds. The van der Waals surface area contributed by atoms with Gasteiger partial charge in [0.25, 0.3) is 0 Å². The van der Waals surface area contributed by atoms with E-state index in [9.17, 15) is 20.0 Å². The molecule has 0 heterocycles. The fourth-order valence-electron chi connectivity index (χ4n) is 1.30. The second-order valence-corrected chi connectivity index (χ2v) is 4.89. The van der Waals surface area contributed by atoms with Crippen molar-refractivity contribution in [1.29, 1.82) is 0 Å². The van der Waals surface area contributed by atoms with Gasteiger partial charge in [-0.2, -0.15) is 0 Å². The molecule has 0 atom stereocenters. The Morgan fingerprint density at radius 3 is 2.58 bits per heavy atom. The van der Waals surface area contributed by atoms with Crippen molar-refractivity contribution >= 4 is 11.7 Å². The third-order valence-electron chi connectivity index (χ3n) is 3.04. The largest absolute Gasteiger partial charge is 0.502 e. The van der Waals surface area contributed by atoms with Gasteiger partial charge in [-0.05, 0) is 38.0 Å². The molecule has 0 aliphatic heterocycles. The predicted molar refractivity (Wildman–Crippen MR) is 68.6 cm³/mol. The molecule has 6 nitrogen and oxygen atoms in total. The smallest absolute Gasteiger partial charge is 0.311 e. The number of nitrogens with zero attached hydrogens (tertiary/aromatic N) is 1. The summed E-state index contributed by atoms with van der Waals surface area (Å²) in [4.78, 5) is 21.6. The van der Waals surface area contributed by atoms with E-state index in [1.54, 1.807) is 13.8 Å². The number of carbonyl (C=O) groups excluding carboxylic acids is 1. The van der Waals surface area contributed by atoms with Gasteiger partial charge in [0.15, 0.2) is 5.75 Å². The molecular weight excluding hydrogens is 250 g/mol. The van der Waals surface area contributed by atoms with E-state index in [0.29, 0.717) is 12.0 Å². The fourth-order valence-corrected chi connectivity index (χ4v) is 1.30. The van der Waals surface area contributed by atoms with Crippen LogP contribution in [-0.4, -0.2) is 16.0 Å². The molecule has 6 heteroatoms. The van der Waals surface area contributed by atoms with E-state index in [-0.39, 0.29) is 18.3 Å². The van der Waals surface area contributed by atoms with Crippen LogP contribution in [0.5, 0.6) is 5.75 Å². The Hall–Kier alpha value is -2.11. The molecular formula is C13H17NO5. The summed E-state index contributed by atoms with van der Waals surface area (Å²) in [5.41, 5.74) is -0.435. The molecule has 19 heavy (non-hydrogen) atoms. The molecule has 0 unspecified atom stereocenters. The topological polar surface area (TPSA) is 89.7 Å². The molecule has 0 aromatic heterocycles. The lowest BCUT2D eigenvalue weighted by Gasteiger charge is -2.20. The van der Waals surface area contributed by atoms with Crippen LogP contribution in [0.3, 0.4) is 0 Å². The Morgan fingerprint density at radius 2 is 2.11 bits per heavy atom. The molecule has 0 radical (unpaired) electrons. The van der Waals surface area contributed by atoms with Crippen LogP contribution < -0.4 is 0 Å². The van der Waals surface area contributed by atoms with Crippen molar-refractivity contribution in [3.8, 4) is 5.75 Å². The summed E-state index contributed by atoms with van der Waals surface area (Å²) in [5.74, 6) is -0.777. The minimum Gasteiger partial charge on any atom is -0.502 e. The maximum absolute atomic E-state index is 11.7. The lowest BCUT2D eigenvalue weighted by Crippen LogP contribution is -2.25. The first-order valence-corrected chi connectivity index (χ1v) is 5.91. The number of hydrogen-bond donors (Lipinski definition) is 1. The molecule has 104 valence electrons. The van der Waals surface area contributed by atoms with Crippen molar-refractivity contribution in [2.24, 2.45) is 5.41 Å². The summed E-state index contributed by atoms with van der Waals surface area (Å²) in [6.07, 6.45) is 0.650. The number of phenols is 1. The average molecular weight is 267 g/mol. The Morgan fingerprint density at radius 1 is 1.47 bits per heavy atom. The van der Waals surface area contributed by atoms with E-state index < -0.39 is 16.1 Å². The van der Waals surface area contributed by atoms with E-state index in [2.05, 4.69) is 0 Å². The quantitative estimate of drug-likeness (QED) is 0.503. The SMILES string of the molecule is CCC(C)(C)C(=O)OCc1ccc([N+](=O)[O-])c(O)c1. The van der Waals surface area contributed by atoms with E-state index >= 15 is 0 Å². The Bertz CT molecular complexity index is 496. The number of nitro benzene ring substituents is 1. The second kappa shape index (κ2) is 5.69. The number of aromatic hydroxyl groups is 1. The maximum Gasteiger partial charge on any atom is 0.311 e.